The number of carboxylic acids is 1. The normalized spacial score (nSPS) is 31.7. The molecule has 21 heavy (non-hydrogen) atoms. The van der Waals surface area contributed by atoms with Gasteiger partial charge >= 0.3 is 5.97 Å². The third-order valence-electron chi connectivity index (χ3n) is 5.17. The highest BCUT2D eigenvalue weighted by Crippen LogP contribution is 2.45. The maximum Gasteiger partial charge on any atom is 0.308 e. The van der Waals surface area contributed by atoms with Gasteiger partial charge in [-0.05, 0) is 37.5 Å². The van der Waals surface area contributed by atoms with E-state index in [4.69, 9.17) is 4.74 Å². The van der Waals surface area contributed by atoms with Gasteiger partial charge in [0.2, 0.25) is 5.91 Å². The number of carboxylic acid groups (broad SMARTS) is 1. The largest absolute Gasteiger partial charge is 0.481 e. The van der Waals surface area contributed by atoms with Crippen LogP contribution in [0.1, 0.15) is 25.7 Å². The van der Waals surface area contributed by atoms with Crippen LogP contribution in [0.15, 0.2) is 0 Å². The molecule has 0 bridgehead atoms. The maximum atomic E-state index is 12.8. The van der Waals surface area contributed by atoms with Crippen LogP contribution < -0.4 is 0 Å². The third-order valence-corrected chi connectivity index (χ3v) is 5.17. The molecule has 3 fully saturated rings. The standard InChI is InChI=1S/C15H20N2O4/c16-9-15(3-5-21-6-4-15)14(20)17-7-11(10-1-2-10)12(8-17)13(18)19/h10-12H,1-8H2,(H,18,19)/t11-,12+/m1/s1. The number of amides is 1. The zero-order chi connectivity index (χ0) is 15.0. The zero-order valence-electron chi connectivity index (χ0n) is 12.0. The lowest BCUT2D eigenvalue weighted by Gasteiger charge is -2.33. The molecule has 0 unspecified atom stereocenters. The molecule has 1 aliphatic carbocycles. The molecule has 2 saturated heterocycles. The number of hydrogen-bond donors (Lipinski definition) is 1. The van der Waals surface area contributed by atoms with Crippen molar-refractivity contribution in [1.82, 2.24) is 4.90 Å². The van der Waals surface area contributed by atoms with Gasteiger partial charge in [0.1, 0.15) is 5.41 Å². The lowest BCUT2D eigenvalue weighted by Crippen LogP contribution is -2.45. The molecular weight excluding hydrogens is 272 g/mol. The smallest absolute Gasteiger partial charge is 0.308 e. The Hall–Kier alpha value is -1.61. The summed E-state index contributed by atoms with van der Waals surface area (Å²) in [5.41, 5.74) is -1.01. The average Bonchev–Trinajstić information content (AvgIpc) is 3.25. The van der Waals surface area contributed by atoms with Crippen molar-refractivity contribution in [1.29, 1.82) is 5.26 Å². The average molecular weight is 292 g/mol. The zero-order valence-corrected chi connectivity index (χ0v) is 12.0. The molecule has 0 aromatic carbocycles. The molecule has 6 heteroatoms. The van der Waals surface area contributed by atoms with Crippen molar-refractivity contribution in [2.24, 2.45) is 23.2 Å². The summed E-state index contributed by atoms with van der Waals surface area (Å²) < 4.78 is 5.25. The van der Waals surface area contributed by atoms with Crippen LogP contribution in [0.5, 0.6) is 0 Å². The minimum Gasteiger partial charge on any atom is -0.481 e. The fourth-order valence-corrected chi connectivity index (χ4v) is 3.65. The number of aliphatic carboxylic acids is 1. The molecule has 0 radical (unpaired) electrons. The van der Waals surface area contributed by atoms with Gasteiger partial charge < -0.3 is 14.7 Å². The van der Waals surface area contributed by atoms with Crippen molar-refractivity contribution < 1.29 is 19.4 Å². The van der Waals surface area contributed by atoms with Crippen LogP contribution in [-0.4, -0.2) is 48.2 Å². The summed E-state index contributed by atoms with van der Waals surface area (Å²) in [5.74, 6) is -0.987. The SMILES string of the molecule is N#CC1(C(=O)N2C[C@H](C(=O)O)[C@@H](C3CC3)C2)CCOCC1. The highest BCUT2D eigenvalue weighted by molar-refractivity contribution is 5.86. The molecule has 6 nitrogen and oxygen atoms in total. The van der Waals surface area contributed by atoms with Gasteiger partial charge in [0, 0.05) is 26.3 Å². The second-order valence-corrected chi connectivity index (χ2v) is 6.46. The van der Waals surface area contributed by atoms with E-state index in [1.54, 1.807) is 4.90 Å². The van der Waals surface area contributed by atoms with E-state index in [1.807, 2.05) is 0 Å². The Kier molecular flexibility index (Phi) is 3.62. The van der Waals surface area contributed by atoms with Crippen molar-refractivity contribution in [3.8, 4) is 6.07 Å². The van der Waals surface area contributed by atoms with Crippen LogP contribution in [-0.2, 0) is 14.3 Å². The quantitative estimate of drug-likeness (QED) is 0.833. The molecule has 0 aromatic rings. The van der Waals surface area contributed by atoms with E-state index in [0.717, 1.165) is 12.8 Å². The van der Waals surface area contributed by atoms with Crippen LogP contribution in [0.25, 0.3) is 0 Å². The first-order valence-electron chi connectivity index (χ1n) is 7.58. The number of nitrogens with zero attached hydrogens (tertiary/aromatic N) is 2. The third kappa shape index (κ3) is 2.51. The fourth-order valence-electron chi connectivity index (χ4n) is 3.65. The highest BCUT2D eigenvalue weighted by Gasteiger charge is 2.51. The highest BCUT2D eigenvalue weighted by atomic mass is 16.5. The molecule has 1 saturated carbocycles. The topological polar surface area (TPSA) is 90.6 Å². The van der Waals surface area contributed by atoms with E-state index < -0.39 is 17.3 Å². The molecule has 0 spiro atoms. The van der Waals surface area contributed by atoms with Crippen molar-refractivity contribution in [2.75, 3.05) is 26.3 Å². The predicted molar refractivity (Wildman–Crippen MR) is 72.0 cm³/mol. The van der Waals surface area contributed by atoms with Gasteiger partial charge in [0.05, 0.1) is 12.0 Å². The van der Waals surface area contributed by atoms with E-state index in [1.165, 1.54) is 0 Å². The predicted octanol–water partition coefficient (Wildman–Crippen LogP) is 0.876. The van der Waals surface area contributed by atoms with Gasteiger partial charge in [0.25, 0.3) is 0 Å². The van der Waals surface area contributed by atoms with Gasteiger partial charge in [-0.3, -0.25) is 9.59 Å². The van der Waals surface area contributed by atoms with Crippen LogP contribution >= 0.6 is 0 Å². The van der Waals surface area contributed by atoms with Gasteiger partial charge in [-0.25, -0.2) is 0 Å². The van der Waals surface area contributed by atoms with E-state index in [0.29, 0.717) is 38.5 Å². The molecule has 1 N–H and O–H groups in total. The van der Waals surface area contributed by atoms with Gasteiger partial charge in [-0.1, -0.05) is 0 Å². The Morgan fingerprint density at radius 2 is 1.90 bits per heavy atom. The van der Waals surface area contributed by atoms with E-state index in [-0.39, 0.29) is 18.4 Å². The summed E-state index contributed by atoms with van der Waals surface area (Å²) >= 11 is 0. The molecule has 2 heterocycles. The second kappa shape index (κ2) is 5.30. The molecule has 3 aliphatic rings. The van der Waals surface area contributed by atoms with E-state index in [9.17, 15) is 20.0 Å². The number of ether oxygens (including phenoxy) is 1. The Balaban J connectivity index is 1.76. The Morgan fingerprint density at radius 3 is 2.43 bits per heavy atom. The molecule has 3 rings (SSSR count). The van der Waals surface area contributed by atoms with Crippen molar-refractivity contribution in [2.45, 2.75) is 25.7 Å². The number of carbonyl (C=O) groups excluding carboxylic acids is 1. The van der Waals surface area contributed by atoms with Crippen LogP contribution in [0.4, 0.5) is 0 Å². The number of rotatable bonds is 3. The molecule has 2 atom stereocenters. The Labute approximate surface area is 123 Å². The number of nitriles is 1. The lowest BCUT2D eigenvalue weighted by molar-refractivity contribution is -0.144. The maximum absolute atomic E-state index is 12.8. The molecule has 1 amide bonds. The van der Waals surface area contributed by atoms with Crippen LogP contribution in [0.3, 0.4) is 0 Å². The van der Waals surface area contributed by atoms with Crippen LogP contribution in [0.2, 0.25) is 0 Å². The van der Waals surface area contributed by atoms with E-state index >= 15 is 0 Å². The summed E-state index contributed by atoms with van der Waals surface area (Å²) in [6.45, 7) is 1.58. The van der Waals surface area contributed by atoms with Gasteiger partial charge in [-0.2, -0.15) is 5.26 Å². The first-order chi connectivity index (χ1) is 10.1. The number of likely N-dealkylation sites (tertiary alicyclic amines) is 1. The molecule has 2 aliphatic heterocycles. The molecule has 114 valence electrons. The lowest BCUT2D eigenvalue weighted by atomic mass is 9.80. The number of hydrogen-bond acceptors (Lipinski definition) is 4. The molecular formula is C15H20N2O4. The van der Waals surface area contributed by atoms with Gasteiger partial charge in [-0.15, -0.1) is 0 Å². The molecule has 0 aromatic heterocycles. The Bertz CT molecular complexity index is 488. The van der Waals surface area contributed by atoms with E-state index in [2.05, 4.69) is 6.07 Å². The Morgan fingerprint density at radius 1 is 1.24 bits per heavy atom. The monoisotopic (exact) mass is 292 g/mol. The minimum absolute atomic E-state index is 0.0574. The number of carbonyl (C=O) groups is 2. The first-order valence-corrected chi connectivity index (χ1v) is 7.58. The van der Waals surface area contributed by atoms with Crippen molar-refractivity contribution in [3.05, 3.63) is 0 Å². The first kappa shape index (κ1) is 14.3. The van der Waals surface area contributed by atoms with Crippen molar-refractivity contribution >= 4 is 11.9 Å². The summed E-state index contributed by atoms with van der Waals surface area (Å²) in [4.78, 5) is 25.8. The summed E-state index contributed by atoms with van der Waals surface area (Å²) in [7, 11) is 0. The fraction of sp³-hybridized carbons (Fsp3) is 0.800. The minimum atomic E-state index is -1.01. The summed E-state index contributed by atoms with van der Waals surface area (Å²) in [5, 5.41) is 18.8. The van der Waals surface area contributed by atoms with Gasteiger partial charge in [0.15, 0.2) is 0 Å². The summed E-state index contributed by atoms with van der Waals surface area (Å²) in [6, 6.07) is 2.18. The summed E-state index contributed by atoms with van der Waals surface area (Å²) in [6.07, 6.45) is 2.94. The van der Waals surface area contributed by atoms with Crippen LogP contribution in [0, 0.1) is 34.5 Å². The second-order valence-electron chi connectivity index (χ2n) is 6.46. The van der Waals surface area contributed by atoms with Crippen molar-refractivity contribution in [3.63, 3.8) is 0 Å².